The number of hydrogen-bond acceptors (Lipinski definition) is 1. The third kappa shape index (κ3) is 4.94. The molecule has 2 aromatic rings. The molecule has 0 aliphatic carbocycles. The van der Waals surface area contributed by atoms with Crippen LogP contribution in [0.15, 0.2) is 53.0 Å². The first-order valence-electron chi connectivity index (χ1n) is 7.40. The highest BCUT2D eigenvalue weighted by molar-refractivity contribution is 9.10. The lowest BCUT2D eigenvalue weighted by Crippen LogP contribution is -2.24. The molecule has 0 spiro atoms. The van der Waals surface area contributed by atoms with E-state index in [0.717, 1.165) is 36.0 Å². The van der Waals surface area contributed by atoms with Gasteiger partial charge in [-0.05, 0) is 48.7 Å². The summed E-state index contributed by atoms with van der Waals surface area (Å²) in [7, 11) is 0. The molecule has 1 N–H and O–H groups in total. The zero-order valence-electron chi connectivity index (χ0n) is 12.3. The van der Waals surface area contributed by atoms with Gasteiger partial charge in [-0.1, -0.05) is 53.2 Å². The summed E-state index contributed by atoms with van der Waals surface area (Å²) < 4.78 is 15.1. The van der Waals surface area contributed by atoms with E-state index < -0.39 is 0 Å². The van der Waals surface area contributed by atoms with E-state index in [-0.39, 0.29) is 11.7 Å². The molecular formula is C18H21BrFN. The number of nitrogens with one attached hydrogen (secondary N) is 1. The summed E-state index contributed by atoms with van der Waals surface area (Å²) in [5.41, 5.74) is 2.02. The average Bonchev–Trinajstić information content (AvgIpc) is 2.49. The van der Waals surface area contributed by atoms with Gasteiger partial charge in [0, 0.05) is 16.9 Å². The van der Waals surface area contributed by atoms with E-state index in [4.69, 9.17) is 0 Å². The highest BCUT2D eigenvalue weighted by Gasteiger charge is 2.15. The lowest BCUT2D eigenvalue weighted by Gasteiger charge is -2.19. The maximum atomic E-state index is 14.1. The molecule has 112 valence electrons. The van der Waals surface area contributed by atoms with E-state index in [1.807, 2.05) is 24.3 Å². The van der Waals surface area contributed by atoms with Crippen LogP contribution >= 0.6 is 15.9 Å². The van der Waals surface area contributed by atoms with Crippen LogP contribution in [0.25, 0.3) is 0 Å². The molecule has 0 bridgehead atoms. The Bertz CT molecular complexity index is 553. The second-order valence-corrected chi connectivity index (χ2v) is 6.17. The molecule has 1 nitrogen and oxygen atoms in total. The molecule has 0 saturated heterocycles. The molecule has 0 aromatic heterocycles. The molecule has 2 aromatic carbocycles. The molecule has 1 atom stereocenters. The quantitative estimate of drug-likeness (QED) is 0.700. The Labute approximate surface area is 134 Å². The van der Waals surface area contributed by atoms with Crippen molar-refractivity contribution < 1.29 is 4.39 Å². The predicted octanol–water partition coefficient (Wildman–Crippen LogP) is 4.91. The van der Waals surface area contributed by atoms with E-state index in [1.165, 1.54) is 5.56 Å². The second-order valence-electron chi connectivity index (χ2n) is 5.25. The van der Waals surface area contributed by atoms with Gasteiger partial charge in [0.15, 0.2) is 0 Å². The molecule has 0 aliphatic rings. The topological polar surface area (TPSA) is 12.0 Å². The molecule has 0 heterocycles. The summed E-state index contributed by atoms with van der Waals surface area (Å²) in [5, 5.41) is 3.42. The Morgan fingerprint density at radius 1 is 1.10 bits per heavy atom. The first kappa shape index (κ1) is 16.2. The number of rotatable bonds is 7. The third-order valence-electron chi connectivity index (χ3n) is 3.56. The van der Waals surface area contributed by atoms with Gasteiger partial charge < -0.3 is 5.32 Å². The monoisotopic (exact) mass is 349 g/mol. The van der Waals surface area contributed by atoms with Crippen LogP contribution in [-0.2, 0) is 6.42 Å². The van der Waals surface area contributed by atoms with Crippen LogP contribution in [0.4, 0.5) is 4.39 Å². The minimum Gasteiger partial charge on any atom is -0.316 e. The van der Waals surface area contributed by atoms with Crippen molar-refractivity contribution in [2.45, 2.75) is 25.7 Å². The van der Waals surface area contributed by atoms with Gasteiger partial charge in [0.25, 0.3) is 0 Å². The molecule has 0 saturated carbocycles. The zero-order chi connectivity index (χ0) is 15.1. The number of benzene rings is 2. The van der Waals surface area contributed by atoms with Crippen molar-refractivity contribution in [3.8, 4) is 0 Å². The Morgan fingerprint density at radius 3 is 2.48 bits per heavy atom. The Balaban J connectivity index is 2.15. The van der Waals surface area contributed by atoms with Crippen molar-refractivity contribution in [1.29, 1.82) is 0 Å². The van der Waals surface area contributed by atoms with Crippen molar-refractivity contribution in [3.63, 3.8) is 0 Å². The predicted molar refractivity (Wildman–Crippen MR) is 90.1 cm³/mol. The smallest absolute Gasteiger partial charge is 0.126 e. The lowest BCUT2D eigenvalue weighted by atomic mass is 9.91. The molecule has 0 amide bonds. The van der Waals surface area contributed by atoms with Crippen molar-refractivity contribution in [3.05, 3.63) is 69.9 Å². The van der Waals surface area contributed by atoms with E-state index in [0.29, 0.717) is 0 Å². The Morgan fingerprint density at radius 2 is 1.81 bits per heavy atom. The van der Waals surface area contributed by atoms with E-state index in [2.05, 4.69) is 40.3 Å². The molecule has 0 aliphatic heterocycles. The van der Waals surface area contributed by atoms with Gasteiger partial charge in [0.1, 0.15) is 5.82 Å². The molecule has 0 radical (unpaired) electrons. The van der Waals surface area contributed by atoms with Crippen molar-refractivity contribution in [2.24, 2.45) is 0 Å². The minimum atomic E-state index is -0.113. The van der Waals surface area contributed by atoms with Gasteiger partial charge in [-0.2, -0.15) is 0 Å². The summed E-state index contributed by atoms with van der Waals surface area (Å²) in [4.78, 5) is 0. The SMILES string of the molecule is CCCNCC(Cc1ccc(Br)cc1)c1ccccc1F. The summed E-state index contributed by atoms with van der Waals surface area (Å²) in [6.45, 7) is 3.90. The normalized spacial score (nSPS) is 12.3. The lowest BCUT2D eigenvalue weighted by molar-refractivity contribution is 0.536. The van der Waals surface area contributed by atoms with Gasteiger partial charge in [-0.3, -0.25) is 0 Å². The summed E-state index contributed by atoms with van der Waals surface area (Å²) in [6, 6.07) is 15.4. The largest absolute Gasteiger partial charge is 0.316 e. The fourth-order valence-electron chi connectivity index (χ4n) is 2.46. The summed E-state index contributed by atoms with van der Waals surface area (Å²) >= 11 is 3.45. The van der Waals surface area contributed by atoms with Crippen LogP contribution in [0.1, 0.15) is 30.4 Å². The fourth-order valence-corrected chi connectivity index (χ4v) is 2.72. The molecule has 21 heavy (non-hydrogen) atoms. The van der Waals surface area contributed by atoms with Crippen LogP contribution in [0.2, 0.25) is 0 Å². The first-order chi connectivity index (χ1) is 10.2. The minimum absolute atomic E-state index is 0.113. The van der Waals surface area contributed by atoms with Crippen LogP contribution in [-0.4, -0.2) is 13.1 Å². The molecule has 1 unspecified atom stereocenters. The van der Waals surface area contributed by atoms with E-state index in [1.54, 1.807) is 12.1 Å². The number of hydrogen-bond donors (Lipinski definition) is 1. The molecule has 3 heteroatoms. The highest BCUT2D eigenvalue weighted by Crippen LogP contribution is 2.24. The Hall–Kier alpha value is -1.19. The van der Waals surface area contributed by atoms with Crippen LogP contribution < -0.4 is 5.32 Å². The molecule has 2 rings (SSSR count). The van der Waals surface area contributed by atoms with E-state index in [9.17, 15) is 4.39 Å². The molecule has 0 fully saturated rings. The van der Waals surface area contributed by atoms with E-state index >= 15 is 0 Å². The highest BCUT2D eigenvalue weighted by atomic mass is 79.9. The first-order valence-corrected chi connectivity index (χ1v) is 8.19. The van der Waals surface area contributed by atoms with Crippen LogP contribution in [0.3, 0.4) is 0 Å². The summed E-state index contributed by atoms with van der Waals surface area (Å²) in [5.74, 6) is 0.0387. The van der Waals surface area contributed by atoms with Crippen molar-refractivity contribution in [2.75, 3.05) is 13.1 Å². The van der Waals surface area contributed by atoms with Gasteiger partial charge in [0.2, 0.25) is 0 Å². The summed E-state index contributed by atoms with van der Waals surface area (Å²) in [6.07, 6.45) is 1.92. The van der Waals surface area contributed by atoms with Gasteiger partial charge in [0.05, 0.1) is 0 Å². The van der Waals surface area contributed by atoms with Crippen LogP contribution in [0.5, 0.6) is 0 Å². The third-order valence-corrected chi connectivity index (χ3v) is 4.09. The maximum Gasteiger partial charge on any atom is 0.126 e. The second kappa shape index (κ2) is 8.30. The number of halogens is 2. The van der Waals surface area contributed by atoms with Gasteiger partial charge >= 0.3 is 0 Å². The van der Waals surface area contributed by atoms with Gasteiger partial charge in [-0.25, -0.2) is 4.39 Å². The van der Waals surface area contributed by atoms with Crippen LogP contribution in [0, 0.1) is 5.82 Å². The van der Waals surface area contributed by atoms with Crippen molar-refractivity contribution in [1.82, 2.24) is 5.32 Å². The zero-order valence-corrected chi connectivity index (χ0v) is 13.9. The molecular weight excluding hydrogens is 329 g/mol. The van der Waals surface area contributed by atoms with Gasteiger partial charge in [-0.15, -0.1) is 0 Å². The maximum absolute atomic E-state index is 14.1. The standard InChI is InChI=1S/C18H21BrFN/c1-2-11-21-13-15(17-5-3-4-6-18(17)20)12-14-7-9-16(19)10-8-14/h3-10,15,21H,2,11-13H2,1H3. The fraction of sp³-hybridized carbons (Fsp3) is 0.333. The Kier molecular flexibility index (Phi) is 6.40. The van der Waals surface area contributed by atoms with Crippen molar-refractivity contribution >= 4 is 15.9 Å². The average molecular weight is 350 g/mol.